The largest absolute Gasteiger partial charge is 0.361 e. The van der Waals surface area contributed by atoms with Gasteiger partial charge in [-0.3, -0.25) is 0 Å². The SMILES string of the molecule is Cc1cc(C2CCCN2C(=O)NC(C)C)no1. The van der Waals surface area contributed by atoms with Crippen molar-refractivity contribution in [3.8, 4) is 0 Å². The molecule has 1 saturated heterocycles. The van der Waals surface area contributed by atoms with Crippen LogP contribution in [0, 0.1) is 6.92 Å². The summed E-state index contributed by atoms with van der Waals surface area (Å²) in [6.07, 6.45) is 1.97. The summed E-state index contributed by atoms with van der Waals surface area (Å²) >= 11 is 0. The van der Waals surface area contributed by atoms with Gasteiger partial charge in [0.15, 0.2) is 0 Å². The Morgan fingerprint density at radius 3 is 3.00 bits per heavy atom. The topological polar surface area (TPSA) is 58.4 Å². The fourth-order valence-electron chi connectivity index (χ4n) is 2.19. The van der Waals surface area contributed by atoms with Gasteiger partial charge in [-0.2, -0.15) is 0 Å². The van der Waals surface area contributed by atoms with Crippen LogP contribution < -0.4 is 5.32 Å². The molecule has 1 aromatic rings. The summed E-state index contributed by atoms with van der Waals surface area (Å²) < 4.78 is 5.08. The van der Waals surface area contributed by atoms with E-state index in [4.69, 9.17) is 4.52 Å². The Hall–Kier alpha value is -1.52. The van der Waals surface area contributed by atoms with Gasteiger partial charge in [-0.15, -0.1) is 0 Å². The van der Waals surface area contributed by atoms with Crippen LogP contribution in [-0.4, -0.2) is 28.7 Å². The predicted octanol–water partition coefficient (Wildman–Crippen LogP) is 2.24. The highest BCUT2D eigenvalue weighted by Gasteiger charge is 2.32. The van der Waals surface area contributed by atoms with Crippen LogP contribution in [0.3, 0.4) is 0 Å². The molecule has 0 aromatic carbocycles. The molecule has 1 unspecified atom stereocenters. The minimum absolute atomic E-state index is 0.0110. The molecule has 0 aliphatic carbocycles. The quantitative estimate of drug-likeness (QED) is 0.858. The minimum atomic E-state index is -0.0110. The number of hydrogen-bond donors (Lipinski definition) is 1. The number of rotatable bonds is 2. The Morgan fingerprint density at radius 1 is 1.65 bits per heavy atom. The first-order valence-electron chi connectivity index (χ1n) is 6.08. The smallest absolute Gasteiger partial charge is 0.318 e. The zero-order valence-corrected chi connectivity index (χ0v) is 10.6. The van der Waals surface area contributed by atoms with Crippen LogP contribution in [0.2, 0.25) is 0 Å². The molecule has 2 amide bonds. The highest BCUT2D eigenvalue weighted by Crippen LogP contribution is 2.31. The first kappa shape index (κ1) is 12.0. The molecule has 5 nitrogen and oxygen atoms in total. The molecule has 0 bridgehead atoms. The third-order valence-electron chi connectivity index (χ3n) is 2.91. The molecule has 1 atom stereocenters. The third-order valence-corrected chi connectivity index (χ3v) is 2.91. The van der Waals surface area contributed by atoms with E-state index in [1.54, 1.807) is 0 Å². The van der Waals surface area contributed by atoms with Gasteiger partial charge in [-0.05, 0) is 33.6 Å². The van der Waals surface area contributed by atoms with Crippen molar-refractivity contribution in [1.82, 2.24) is 15.4 Å². The van der Waals surface area contributed by atoms with E-state index in [2.05, 4.69) is 10.5 Å². The lowest BCUT2D eigenvalue weighted by Crippen LogP contribution is -2.42. The maximum Gasteiger partial charge on any atom is 0.318 e. The van der Waals surface area contributed by atoms with Crippen LogP contribution in [0.4, 0.5) is 4.79 Å². The van der Waals surface area contributed by atoms with E-state index >= 15 is 0 Å². The van der Waals surface area contributed by atoms with Crippen LogP contribution in [0.15, 0.2) is 10.6 Å². The van der Waals surface area contributed by atoms with Crippen molar-refractivity contribution < 1.29 is 9.32 Å². The number of carbonyl (C=O) groups excluding carboxylic acids is 1. The van der Waals surface area contributed by atoms with Crippen LogP contribution in [-0.2, 0) is 0 Å². The molecule has 0 spiro atoms. The molecule has 0 radical (unpaired) electrons. The van der Waals surface area contributed by atoms with Crippen molar-refractivity contribution in [1.29, 1.82) is 0 Å². The Kier molecular flexibility index (Phi) is 3.36. The number of nitrogens with one attached hydrogen (secondary N) is 1. The first-order chi connectivity index (χ1) is 8.08. The maximum absolute atomic E-state index is 12.0. The van der Waals surface area contributed by atoms with Crippen LogP contribution in [0.25, 0.3) is 0 Å². The molecule has 1 aromatic heterocycles. The predicted molar refractivity (Wildman–Crippen MR) is 63.6 cm³/mol. The molecule has 1 fully saturated rings. The lowest BCUT2D eigenvalue weighted by Gasteiger charge is -2.24. The van der Waals surface area contributed by atoms with Gasteiger partial charge >= 0.3 is 6.03 Å². The van der Waals surface area contributed by atoms with E-state index in [1.165, 1.54) is 0 Å². The molecule has 2 heterocycles. The van der Waals surface area contributed by atoms with Gasteiger partial charge in [0.2, 0.25) is 0 Å². The van der Waals surface area contributed by atoms with Gasteiger partial charge in [0.25, 0.3) is 0 Å². The fraction of sp³-hybridized carbons (Fsp3) is 0.667. The zero-order valence-electron chi connectivity index (χ0n) is 10.6. The van der Waals surface area contributed by atoms with E-state index < -0.39 is 0 Å². The van der Waals surface area contributed by atoms with Crippen LogP contribution in [0.1, 0.15) is 44.2 Å². The van der Waals surface area contributed by atoms with Gasteiger partial charge in [0, 0.05) is 18.7 Å². The second kappa shape index (κ2) is 4.77. The number of likely N-dealkylation sites (tertiary alicyclic amines) is 1. The Balaban J connectivity index is 2.09. The van der Waals surface area contributed by atoms with Crippen molar-refractivity contribution in [3.63, 3.8) is 0 Å². The molecular weight excluding hydrogens is 218 g/mol. The van der Waals surface area contributed by atoms with Gasteiger partial charge in [-0.1, -0.05) is 5.16 Å². The summed E-state index contributed by atoms with van der Waals surface area (Å²) in [5.41, 5.74) is 0.860. The summed E-state index contributed by atoms with van der Waals surface area (Å²) in [6, 6.07) is 2.11. The van der Waals surface area contributed by atoms with Gasteiger partial charge in [-0.25, -0.2) is 4.79 Å². The van der Waals surface area contributed by atoms with Crippen molar-refractivity contribution in [2.45, 2.75) is 45.7 Å². The summed E-state index contributed by atoms with van der Waals surface area (Å²) in [5.74, 6) is 0.788. The molecule has 17 heavy (non-hydrogen) atoms. The normalized spacial score (nSPS) is 20.0. The maximum atomic E-state index is 12.0. The summed E-state index contributed by atoms with van der Waals surface area (Å²) in [7, 11) is 0. The van der Waals surface area contributed by atoms with Crippen molar-refractivity contribution in [2.75, 3.05) is 6.54 Å². The average molecular weight is 237 g/mol. The van der Waals surface area contributed by atoms with Gasteiger partial charge in [0.1, 0.15) is 11.5 Å². The fourth-order valence-corrected chi connectivity index (χ4v) is 2.19. The highest BCUT2D eigenvalue weighted by atomic mass is 16.5. The van der Waals surface area contributed by atoms with Crippen molar-refractivity contribution in [2.24, 2.45) is 0 Å². The van der Waals surface area contributed by atoms with E-state index in [1.807, 2.05) is 31.7 Å². The molecule has 1 aliphatic rings. The average Bonchev–Trinajstić information content (AvgIpc) is 2.83. The third kappa shape index (κ3) is 2.60. The van der Waals surface area contributed by atoms with E-state index in [-0.39, 0.29) is 18.1 Å². The van der Waals surface area contributed by atoms with Crippen LogP contribution in [0.5, 0.6) is 0 Å². The van der Waals surface area contributed by atoms with Gasteiger partial charge in [0.05, 0.1) is 6.04 Å². The number of hydrogen-bond acceptors (Lipinski definition) is 3. The van der Waals surface area contributed by atoms with E-state index in [0.29, 0.717) is 0 Å². The van der Waals surface area contributed by atoms with Crippen molar-refractivity contribution in [3.05, 3.63) is 17.5 Å². The Labute approximate surface area is 101 Å². The molecule has 2 rings (SSSR count). The van der Waals surface area contributed by atoms with Crippen LogP contribution >= 0.6 is 0 Å². The second-order valence-electron chi connectivity index (χ2n) is 4.82. The molecule has 1 N–H and O–H groups in total. The number of urea groups is 1. The van der Waals surface area contributed by atoms with E-state index in [0.717, 1.165) is 30.8 Å². The molecule has 5 heteroatoms. The highest BCUT2D eigenvalue weighted by molar-refractivity contribution is 5.75. The summed E-state index contributed by atoms with van der Waals surface area (Å²) in [4.78, 5) is 13.8. The second-order valence-corrected chi connectivity index (χ2v) is 4.82. The minimum Gasteiger partial charge on any atom is -0.361 e. The number of nitrogens with zero attached hydrogens (tertiary/aromatic N) is 2. The zero-order chi connectivity index (χ0) is 12.4. The number of aryl methyl sites for hydroxylation is 1. The Bertz CT molecular complexity index is 400. The number of aromatic nitrogens is 1. The summed E-state index contributed by atoms with van der Waals surface area (Å²) in [6.45, 7) is 6.57. The lowest BCUT2D eigenvalue weighted by molar-refractivity contribution is 0.188. The molecule has 0 saturated carbocycles. The standard InChI is InChI=1S/C12H19N3O2/c1-8(2)13-12(16)15-6-4-5-11(15)10-7-9(3)17-14-10/h7-8,11H,4-6H2,1-3H3,(H,13,16). The summed E-state index contributed by atoms with van der Waals surface area (Å²) in [5, 5.41) is 6.93. The molecular formula is C12H19N3O2. The number of carbonyl (C=O) groups is 1. The van der Waals surface area contributed by atoms with Crippen molar-refractivity contribution >= 4 is 6.03 Å². The lowest BCUT2D eigenvalue weighted by atomic mass is 10.1. The monoisotopic (exact) mass is 237 g/mol. The van der Waals surface area contributed by atoms with Gasteiger partial charge < -0.3 is 14.7 Å². The molecule has 94 valence electrons. The Morgan fingerprint density at radius 2 is 2.41 bits per heavy atom. The number of amides is 2. The van der Waals surface area contributed by atoms with E-state index in [9.17, 15) is 4.79 Å². The molecule has 1 aliphatic heterocycles. The first-order valence-corrected chi connectivity index (χ1v) is 6.08.